The number of hydrogen-bond donors (Lipinski definition) is 2. The van der Waals surface area contributed by atoms with E-state index in [1.54, 1.807) is 6.92 Å². The molecule has 0 heterocycles. The van der Waals surface area contributed by atoms with E-state index in [0.29, 0.717) is 6.42 Å². The number of ether oxygens (including phenoxy) is 2. The zero-order valence-corrected chi connectivity index (χ0v) is 22.3. The van der Waals surface area contributed by atoms with Crippen molar-refractivity contribution in [3.05, 3.63) is 71.8 Å². The van der Waals surface area contributed by atoms with Crippen molar-refractivity contribution < 1.29 is 28.5 Å². The first kappa shape index (κ1) is 29.6. The number of amides is 1. The minimum absolute atomic E-state index is 0.0453. The molecule has 0 saturated carbocycles. The SMILES string of the molecule is CCCCCCCC(CP(=O)(O)C(Cc1ccccc1)NC(=O)OCc1ccccc1)C(=O)OCC. The van der Waals surface area contributed by atoms with E-state index in [1.807, 2.05) is 60.7 Å². The Morgan fingerprint density at radius 2 is 1.50 bits per heavy atom. The summed E-state index contributed by atoms with van der Waals surface area (Å²) in [5.41, 5.74) is 1.61. The molecule has 0 fully saturated rings. The summed E-state index contributed by atoms with van der Waals surface area (Å²) in [7, 11) is -4.03. The van der Waals surface area contributed by atoms with Crippen LogP contribution in [0.25, 0.3) is 0 Å². The number of carbonyl (C=O) groups is 2. The topological polar surface area (TPSA) is 102 Å². The highest BCUT2D eigenvalue weighted by atomic mass is 31.2. The molecule has 0 bridgehead atoms. The molecule has 3 unspecified atom stereocenters. The summed E-state index contributed by atoms with van der Waals surface area (Å²) in [5, 5.41) is 2.61. The van der Waals surface area contributed by atoms with Gasteiger partial charge in [0.1, 0.15) is 12.4 Å². The second kappa shape index (κ2) is 16.2. The second-order valence-corrected chi connectivity index (χ2v) is 11.5. The lowest BCUT2D eigenvalue weighted by Crippen LogP contribution is -2.38. The predicted molar refractivity (Wildman–Crippen MR) is 142 cm³/mol. The van der Waals surface area contributed by atoms with Gasteiger partial charge in [0.25, 0.3) is 0 Å². The van der Waals surface area contributed by atoms with Gasteiger partial charge in [-0.2, -0.15) is 0 Å². The Kier molecular flexibility index (Phi) is 13.3. The third-order valence-electron chi connectivity index (χ3n) is 6.01. The van der Waals surface area contributed by atoms with E-state index in [9.17, 15) is 19.0 Å². The summed E-state index contributed by atoms with van der Waals surface area (Å²) < 4.78 is 24.2. The molecule has 0 saturated heterocycles. The molecule has 2 rings (SSSR count). The van der Waals surface area contributed by atoms with E-state index in [1.165, 1.54) is 0 Å². The largest absolute Gasteiger partial charge is 0.466 e. The minimum atomic E-state index is -4.03. The summed E-state index contributed by atoms with van der Waals surface area (Å²) >= 11 is 0. The molecule has 2 aromatic carbocycles. The normalized spacial score (nSPS) is 14.3. The number of unbranched alkanes of at least 4 members (excludes halogenated alkanes) is 4. The maximum Gasteiger partial charge on any atom is 0.408 e. The van der Waals surface area contributed by atoms with E-state index in [0.717, 1.165) is 43.2 Å². The van der Waals surface area contributed by atoms with Gasteiger partial charge >= 0.3 is 12.1 Å². The van der Waals surface area contributed by atoms with Gasteiger partial charge in [-0.05, 0) is 24.5 Å². The van der Waals surface area contributed by atoms with Crippen molar-refractivity contribution in [2.45, 2.75) is 71.2 Å². The van der Waals surface area contributed by atoms with Gasteiger partial charge in [-0.1, -0.05) is 99.7 Å². The fourth-order valence-corrected chi connectivity index (χ4v) is 6.03. The van der Waals surface area contributed by atoms with Crippen LogP contribution in [0.4, 0.5) is 4.79 Å². The Bertz CT molecular complexity index is 953. The average Bonchev–Trinajstić information content (AvgIpc) is 2.87. The van der Waals surface area contributed by atoms with Gasteiger partial charge in [0.05, 0.1) is 12.5 Å². The molecule has 1 amide bonds. The maximum atomic E-state index is 13.7. The lowest BCUT2D eigenvalue weighted by Gasteiger charge is -2.27. The highest BCUT2D eigenvalue weighted by molar-refractivity contribution is 7.58. The smallest absolute Gasteiger partial charge is 0.408 e. The maximum absolute atomic E-state index is 13.7. The summed E-state index contributed by atoms with van der Waals surface area (Å²) in [6, 6.07) is 18.4. The van der Waals surface area contributed by atoms with Crippen LogP contribution in [-0.4, -0.2) is 35.5 Å². The lowest BCUT2D eigenvalue weighted by molar-refractivity contribution is -0.147. The first-order chi connectivity index (χ1) is 17.4. The summed E-state index contributed by atoms with van der Waals surface area (Å²) in [6.45, 7) is 4.10. The highest BCUT2D eigenvalue weighted by Gasteiger charge is 2.38. The average molecular weight is 518 g/mol. The van der Waals surface area contributed by atoms with Gasteiger partial charge in [-0.15, -0.1) is 0 Å². The molecule has 0 aliphatic carbocycles. The van der Waals surface area contributed by atoms with Crippen LogP contribution >= 0.6 is 7.37 Å². The van der Waals surface area contributed by atoms with Crippen molar-refractivity contribution in [1.29, 1.82) is 0 Å². The fourth-order valence-electron chi connectivity index (χ4n) is 4.01. The van der Waals surface area contributed by atoms with Crippen LogP contribution in [0.15, 0.2) is 60.7 Å². The number of esters is 1. The minimum Gasteiger partial charge on any atom is -0.466 e. The third-order valence-corrected chi connectivity index (χ3v) is 8.26. The van der Waals surface area contributed by atoms with Crippen LogP contribution in [0, 0.1) is 5.92 Å². The van der Waals surface area contributed by atoms with Gasteiger partial charge in [-0.25, -0.2) is 4.79 Å². The molecule has 0 aromatic heterocycles. The van der Waals surface area contributed by atoms with E-state index in [4.69, 9.17) is 9.47 Å². The standard InChI is InChI=1S/C28H40NO6P/c1-3-5-6-7-14-19-25(27(30)34-4-2)22-36(32,33)26(20-23-15-10-8-11-16-23)29-28(31)35-21-24-17-12-9-13-18-24/h8-13,15-18,25-26H,3-7,14,19-22H2,1-2H3,(H,29,31)(H,32,33). The molecule has 0 aliphatic heterocycles. The third kappa shape index (κ3) is 11.0. The van der Waals surface area contributed by atoms with Gasteiger partial charge in [-0.3, -0.25) is 9.36 Å². The van der Waals surface area contributed by atoms with Gasteiger partial charge in [0.15, 0.2) is 0 Å². The quantitative estimate of drug-likeness (QED) is 0.154. The van der Waals surface area contributed by atoms with Crippen LogP contribution in [0.2, 0.25) is 0 Å². The van der Waals surface area contributed by atoms with Crippen molar-refractivity contribution >= 4 is 19.4 Å². The number of rotatable bonds is 16. The summed E-state index contributed by atoms with van der Waals surface area (Å²) in [4.78, 5) is 36.4. The second-order valence-electron chi connectivity index (χ2n) is 9.00. The van der Waals surface area contributed by atoms with Crippen LogP contribution in [0.5, 0.6) is 0 Å². The lowest BCUT2D eigenvalue weighted by atomic mass is 10.0. The molecule has 198 valence electrons. The van der Waals surface area contributed by atoms with Crippen molar-refractivity contribution in [1.82, 2.24) is 5.32 Å². The highest BCUT2D eigenvalue weighted by Crippen LogP contribution is 2.49. The number of alkyl carbamates (subject to hydrolysis) is 1. The van der Waals surface area contributed by atoms with Gasteiger partial charge < -0.3 is 19.7 Å². The number of hydrogen-bond acceptors (Lipinski definition) is 5. The number of carbonyl (C=O) groups excluding carboxylic acids is 2. The summed E-state index contributed by atoms with van der Waals surface area (Å²) in [5.74, 6) is -2.27. The Balaban J connectivity index is 2.13. The molecule has 2 aromatic rings. The molecule has 36 heavy (non-hydrogen) atoms. The van der Waals surface area contributed by atoms with Crippen molar-refractivity contribution in [2.24, 2.45) is 5.92 Å². The molecule has 0 spiro atoms. The summed E-state index contributed by atoms with van der Waals surface area (Å²) in [6.07, 6.45) is 4.61. The van der Waals surface area contributed by atoms with Crippen LogP contribution in [0.1, 0.15) is 63.5 Å². The zero-order chi connectivity index (χ0) is 26.2. The molecule has 0 aliphatic rings. The molecular formula is C28H40NO6P. The first-order valence-corrected chi connectivity index (χ1v) is 14.8. The Morgan fingerprint density at radius 3 is 2.11 bits per heavy atom. The molecular weight excluding hydrogens is 477 g/mol. The molecule has 2 N–H and O–H groups in total. The Morgan fingerprint density at radius 1 is 0.889 bits per heavy atom. The van der Waals surface area contributed by atoms with E-state index < -0.39 is 31.1 Å². The number of nitrogens with one attached hydrogen (secondary N) is 1. The van der Waals surface area contributed by atoms with E-state index in [-0.39, 0.29) is 25.8 Å². The van der Waals surface area contributed by atoms with Crippen molar-refractivity contribution in [3.63, 3.8) is 0 Å². The zero-order valence-electron chi connectivity index (χ0n) is 21.4. The van der Waals surface area contributed by atoms with Crippen molar-refractivity contribution in [3.8, 4) is 0 Å². The Labute approximate surface area is 215 Å². The van der Waals surface area contributed by atoms with Gasteiger partial charge in [0, 0.05) is 12.6 Å². The fraction of sp³-hybridized carbons (Fsp3) is 0.500. The molecule has 8 heteroatoms. The number of benzene rings is 2. The monoisotopic (exact) mass is 517 g/mol. The first-order valence-electron chi connectivity index (χ1n) is 12.8. The van der Waals surface area contributed by atoms with Gasteiger partial charge in [0.2, 0.25) is 7.37 Å². The van der Waals surface area contributed by atoms with Crippen LogP contribution < -0.4 is 5.32 Å². The van der Waals surface area contributed by atoms with Crippen LogP contribution in [0.3, 0.4) is 0 Å². The van der Waals surface area contributed by atoms with Crippen molar-refractivity contribution in [2.75, 3.05) is 12.8 Å². The van der Waals surface area contributed by atoms with E-state index in [2.05, 4.69) is 12.2 Å². The molecule has 0 radical (unpaired) electrons. The Hall–Kier alpha value is -2.63. The van der Waals surface area contributed by atoms with E-state index >= 15 is 0 Å². The molecule has 3 atom stereocenters. The predicted octanol–water partition coefficient (Wildman–Crippen LogP) is 6.29. The van der Waals surface area contributed by atoms with Crippen LogP contribution in [-0.2, 0) is 31.9 Å². The molecule has 7 nitrogen and oxygen atoms in total.